The van der Waals surface area contributed by atoms with Crippen LogP contribution in [0.5, 0.6) is 0 Å². The highest BCUT2D eigenvalue weighted by Crippen LogP contribution is 2.36. The predicted molar refractivity (Wildman–Crippen MR) is 198 cm³/mol. The Morgan fingerprint density at radius 2 is 0.545 bits per heavy atom. The van der Waals surface area contributed by atoms with Gasteiger partial charge in [-0.2, -0.15) is 0 Å². The van der Waals surface area contributed by atoms with Crippen molar-refractivity contribution < 1.29 is 149 Å². The van der Waals surface area contributed by atoms with E-state index in [2.05, 4.69) is 0 Å². The highest BCUT2D eigenvalue weighted by molar-refractivity contribution is 4.99. The molecule has 29 atom stereocenters. The van der Waals surface area contributed by atoms with E-state index in [0.717, 1.165) is 0 Å². The highest BCUT2D eigenvalue weighted by atomic mass is 16.8. The second-order valence-corrected chi connectivity index (χ2v) is 16.7. The van der Waals surface area contributed by atoms with Crippen molar-refractivity contribution in [2.45, 2.75) is 185 Å². The SMILES string of the molecule is OC[C@@H]1C[C@@H](O)[C@H](O)[C@@H](O[C@H]2[C@@H](O)[C@H](O)[C@@H](O[C@H]3[C@@H](O)[C@H](O)[C@@H](O[C@H]4[C@@H](O)[C@H](O)[C@@H](O[C@H]5[C@@H](O)[C@H](O)[C@@H](O[C@H]6[C@@H](O)[C@H](O)[C@@H](O)O[C@@H]6CO)O[C@@H]5CO)O[C@@H]4CO)O[C@@H]3CO)O[C@@H]2CO)O1. The summed E-state index contributed by atoms with van der Waals surface area (Å²) in [7, 11) is 0. The third kappa shape index (κ3) is 11.1. The lowest BCUT2D eigenvalue weighted by molar-refractivity contribution is -0.395. The number of aliphatic hydroxyl groups is 19. The topological polar surface area (TPSA) is 486 Å². The molecule has 66 heavy (non-hydrogen) atoms. The van der Waals surface area contributed by atoms with Crippen molar-refractivity contribution in [3.8, 4) is 0 Å². The molecule has 30 nitrogen and oxygen atoms in total. The molecule has 0 spiro atoms. The van der Waals surface area contributed by atoms with Gasteiger partial charge >= 0.3 is 0 Å². The van der Waals surface area contributed by atoms with E-state index < -0.39 is 218 Å². The molecule has 0 saturated carbocycles. The van der Waals surface area contributed by atoms with Gasteiger partial charge in [0.25, 0.3) is 0 Å². The van der Waals surface area contributed by atoms with E-state index in [0.29, 0.717) is 0 Å². The molecule has 30 heteroatoms. The summed E-state index contributed by atoms with van der Waals surface area (Å²) in [6.07, 6.45) is -52.9. The molecule has 6 aliphatic heterocycles. The lowest BCUT2D eigenvalue weighted by Gasteiger charge is -2.49. The molecule has 19 N–H and O–H groups in total. The van der Waals surface area contributed by atoms with Gasteiger partial charge in [0.2, 0.25) is 0 Å². The van der Waals surface area contributed by atoms with Crippen molar-refractivity contribution >= 4 is 0 Å². The molecule has 6 aliphatic rings. The van der Waals surface area contributed by atoms with E-state index in [1.54, 1.807) is 0 Å². The van der Waals surface area contributed by atoms with Crippen LogP contribution in [0.2, 0.25) is 0 Å². The van der Waals surface area contributed by atoms with Crippen LogP contribution in [-0.4, -0.2) is 315 Å². The van der Waals surface area contributed by atoms with Crippen molar-refractivity contribution in [1.82, 2.24) is 0 Å². The summed E-state index contributed by atoms with van der Waals surface area (Å²) in [5.74, 6) is 0. The minimum absolute atomic E-state index is 0.156. The average Bonchev–Trinajstić information content (AvgIpc) is 3.31. The minimum Gasteiger partial charge on any atom is -0.394 e. The number of hydrogen-bond acceptors (Lipinski definition) is 30. The molecule has 386 valence electrons. The Labute approximate surface area is 373 Å². The normalized spacial score (nSPS) is 52.9. The summed E-state index contributed by atoms with van der Waals surface area (Å²) in [4.78, 5) is 0. The first-order valence-electron chi connectivity index (χ1n) is 21.0. The zero-order chi connectivity index (χ0) is 48.5. The Morgan fingerprint density at radius 3 is 0.818 bits per heavy atom. The largest absolute Gasteiger partial charge is 0.394 e. The third-order valence-electron chi connectivity index (χ3n) is 12.3. The first-order valence-corrected chi connectivity index (χ1v) is 21.0. The number of ether oxygens (including phenoxy) is 11. The van der Waals surface area contributed by atoms with Crippen molar-refractivity contribution in [3.63, 3.8) is 0 Å². The monoisotopic (exact) mass is 974 g/mol. The lowest BCUT2D eigenvalue weighted by atomic mass is 9.95. The summed E-state index contributed by atoms with van der Waals surface area (Å²) in [5, 5.41) is 199. The van der Waals surface area contributed by atoms with Crippen LogP contribution in [0, 0.1) is 0 Å². The van der Waals surface area contributed by atoms with E-state index >= 15 is 0 Å². The number of aliphatic hydroxyl groups excluding tert-OH is 19. The lowest BCUT2D eigenvalue weighted by Crippen LogP contribution is -2.68. The van der Waals surface area contributed by atoms with E-state index in [-0.39, 0.29) is 6.42 Å². The van der Waals surface area contributed by atoms with Gasteiger partial charge in [-0.15, -0.1) is 0 Å². The standard InChI is InChI=1S/C36H62O30/c37-2-8-1-9(43)15(44)32(56-8)62-27-11(4-39)58-34(22(51)17(27)46)64-29-13(6-41)60-36(24(53)19(29)48)66-30-14(7-42)61-35(25(54)20(30)49)65-28-12(5-40)59-33(23(52)18(28)47)63-26-10(3-38)57-31(55)21(50)16(26)45/h8-55H,1-7H2/t8-,9+,10+,11+,12+,13+,14+,15-,16-,17-,18-,19-,20-,21-,22-,23-,24-,25-,26+,27+,28+,29+,30+,31-,32+,33+,34+,35+,36+/m0/s1. The second kappa shape index (κ2) is 23.4. The van der Waals surface area contributed by atoms with E-state index in [4.69, 9.17) is 52.1 Å². The van der Waals surface area contributed by atoms with Gasteiger partial charge in [0.15, 0.2) is 37.7 Å². The maximum absolute atomic E-state index is 11.2. The fraction of sp³-hybridized carbons (Fsp3) is 1.00. The summed E-state index contributed by atoms with van der Waals surface area (Å²) < 4.78 is 60.8. The second-order valence-electron chi connectivity index (χ2n) is 16.7. The zero-order valence-corrected chi connectivity index (χ0v) is 34.7. The minimum atomic E-state index is -2.16. The fourth-order valence-corrected chi connectivity index (χ4v) is 8.49. The van der Waals surface area contributed by atoms with Gasteiger partial charge in [0.05, 0.1) is 51.8 Å². The highest BCUT2D eigenvalue weighted by Gasteiger charge is 2.57. The quantitative estimate of drug-likeness (QED) is 0.0683. The molecule has 6 saturated heterocycles. The first-order chi connectivity index (χ1) is 31.3. The van der Waals surface area contributed by atoms with Gasteiger partial charge in [0.1, 0.15) is 128 Å². The number of rotatable bonds is 16. The summed E-state index contributed by atoms with van der Waals surface area (Å²) >= 11 is 0. The Kier molecular flexibility index (Phi) is 19.2. The van der Waals surface area contributed by atoms with E-state index in [1.165, 1.54) is 0 Å². The molecule has 0 bridgehead atoms. The van der Waals surface area contributed by atoms with Crippen LogP contribution in [0.4, 0.5) is 0 Å². The van der Waals surface area contributed by atoms with Crippen molar-refractivity contribution in [3.05, 3.63) is 0 Å². The van der Waals surface area contributed by atoms with Crippen molar-refractivity contribution in [1.29, 1.82) is 0 Å². The molecule has 0 aliphatic carbocycles. The molecule has 0 aromatic carbocycles. The summed E-state index contributed by atoms with van der Waals surface area (Å²) in [6.45, 7) is -5.31. The molecule has 0 aromatic rings. The maximum atomic E-state index is 11.2. The summed E-state index contributed by atoms with van der Waals surface area (Å²) in [6, 6.07) is 0. The van der Waals surface area contributed by atoms with Gasteiger partial charge in [-0.25, -0.2) is 0 Å². The van der Waals surface area contributed by atoms with Crippen molar-refractivity contribution in [2.75, 3.05) is 39.6 Å². The van der Waals surface area contributed by atoms with Gasteiger partial charge < -0.3 is 149 Å². The molecular weight excluding hydrogens is 912 g/mol. The van der Waals surface area contributed by atoms with Crippen LogP contribution in [0.1, 0.15) is 6.42 Å². The average molecular weight is 975 g/mol. The van der Waals surface area contributed by atoms with Gasteiger partial charge in [-0.3, -0.25) is 0 Å². The molecule has 0 amide bonds. The Bertz CT molecular complexity index is 1470. The van der Waals surface area contributed by atoms with E-state index in [9.17, 15) is 97.0 Å². The van der Waals surface area contributed by atoms with Gasteiger partial charge in [-0.1, -0.05) is 0 Å². The van der Waals surface area contributed by atoms with Crippen LogP contribution < -0.4 is 0 Å². The Morgan fingerprint density at radius 1 is 0.288 bits per heavy atom. The number of hydrogen-bond donors (Lipinski definition) is 19. The maximum Gasteiger partial charge on any atom is 0.187 e. The Balaban J connectivity index is 1.07. The molecule has 6 rings (SSSR count). The van der Waals surface area contributed by atoms with E-state index in [1.807, 2.05) is 0 Å². The smallest absolute Gasteiger partial charge is 0.187 e. The molecular formula is C36H62O30. The molecule has 0 unspecified atom stereocenters. The molecule has 6 fully saturated rings. The van der Waals surface area contributed by atoms with Crippen LogP contribution in [0.3, 0.4) is 0 Å². The first kappa shape index (κ1) is 54.1. The zero-order valence-electron chi connectivity index (χ0n) is 34.7. The third-order valence-corrected chi connectivity index (χ3v) is 12.3. The van der Waals surface area contributed by atoms with Crippen LogP contribution >= 0.6 is 0 Å². The van der Waals surface area contributed by atoms with Crippen LogP contribution in [-0.2, 0) is 52.1 Å². The van der Waals surface area contributed by atoms with Crippen LogP contribution in [0.25, 0.3) is 0 Å². The molecule has 0 radical (unpaired) electrons. The molecule has 6 heterocycles. The Hall–Kier alpha value is -1.20. The fourth-order valence-electron chi connectivity index (χ4n) is 8.49. The van der Waals surface area contributed by atoms with Gasteiger partial charge in [-0.05, 0) is 0 Å². The van der Waals surface area contributed by atoms with Crippen LogP contribution in [0.15, 0.2) is 0 Å². The molecule has 0 aromatic heterocycles. The van der Waals surface area contributed by atoms with Crippen molar-refractivity contribution in [2.24, 2.45) is 0 Å². The van der Waals surface area contributed by atoms with Gasteiger partial charge in [0, 0.05) is 6.42 Å². The predicted octanol–water partition coefficient (Wildman–Crippen LogP) is -13.1. The summed E-state index contributed by atoms with van der Waals surface area (Å²) in [5.41, 5.74) is 0.